The predicted octanol–water partition coefficient (Wildman–Crippen LogP) is 10.9. The van der Waals surface area contributed by atoms with Gasteiger partial charge in [0.1, 0.15) is 24.4 Å². The summed E-state index contributed by atoms with van der Waals surface area (Å²) in [5, 5.41) is 24.7. The van der Waals surface area contributed by atoms with Crippen molar-refractivity contribution in [3.63, 3.8) is 0 Å². The normalized spacial score (nSPS) is 7.67. The first-order valence-corrected chi connectivity index (χ1v) is 19.4. The number of aliphatic hydroxyl groups is 1. The zero-order valence-corrected chi connectivity index (χ0v) is 57.5. The van der Waals surface area contributed by atoms with E-state index in [1.165, 1.54) is 11.1 Å². The van der Waals surface area contributed by atoms with E-state index in [1.807, 2.05) is 142 Å². The minimum Gasteiger partial charge on any atom is -0.508 e. The number of aryl methyl sites for hydroxylation is 4. The number of aromatic hydroxyl groups is 1. The quantitative estimate of drug-likeness (QED) is 0.0291. The predicted molar refractivity (Wildman–Crippen MR) is 271 cm³/mol. The smallest absolute Gasteiger partial charge is 0.274 e. The van der Waals surface area contributed by atoms with Crippen LogP contribution in [-0.4, -0.2) is 58.3 Å². The van der Waals surface area contributed by atoms with E-state index in [0.717, 1.165) is 74.2 Å². The van der Waals surface area contributed by atoms with Gasteiger partial charge in [0.2, 0.25) is 0 Å². The van der Waals surface area contributed by atoms with Crippen molar-refractivity contribution < 1.29 is 188 Å². The molecule has 357 valence electrons. The molecule has 0 aliphatic heterocycles. The number of aliphatic hydroxyl groups excluding tert-OH is 1. The van der Waals surface area contributed by atoms with Crippen LogP contribution in [0.3, 0.4) is 0 Å². The van der Waals surface area contributed by atoms with E-state index >= 15 is 0 Å². The molecule has 0 saturated carbocycles. The molecule has 5 aromatic rings. The summed E-state index contributed by atoms with van der Waals surface area (Å²) in [7, 11) is 3.89. The number of anilines is 2. The number of aromatic nitrogens is 3. The zero-order chi connectivity index (χ0) is 40.2. The van der Waals surface area contributed by atoms with Crippen molar-refractivity contribution in [2.75, 3.05) is 36.9 Å². The van der Waals surface area contributed by atoms with Crippen molar-refractivity contribution in [3.05, 3.63) is 189 Å². The van der Waals surface area contributed by atoms with Crippen molar-refractivity contribution in [1.29, 1.82) is 0 Å². The van der Waals surface area contributed by atoms with Gasteiger partial charge in [0, 0.05) is 224 Å². The summed E-state index contributed by atoms with van der Waals surface area (Å²) in [6, 6.07) is 33.0. The summed E-state index contributed by atoms with van der Waals surface area (Å²) in [5.41, 5.74) is 2.54. The molecule has 11 radical (unpaired) electrons. The Bertz CT molecular complexity index is 1570. The second-order valence-electron chi connectivity index (χ2n) is 11.2. The molecule has 2 aromatic carbocycles. The van der Waals surface area contributed by atoms with Gasteiger partial charge in [0.15, 0.2) is 6.20 Å². The van der Waals surface area contributed by atoms with Gasteiger partial charge in [-0.3, -0.25) is 5.32 Å². The Morgan fingerprint density at radius 2 is 1.06 bits per heavy atom. The third-order valence-corrected chi connectivity index (χ3v) is 7.43. The van der Waals surface area contributed by atoms with Gasteiger partial charge in [0.25, 0.3) is 11.0 Å². The molecule has 0 spiro atoms. The first-order valence-electron chi connectivity index (χ1n) is 19.0. The van der Waals surface area contributed by atoms with Crippen molar-refractivity contribution in [2.45, 2.75) is 66.2 Å². The number of hydrogen-bond acceptors (Lipinski definition) is 6. The number of benzene rings is 2. The molecular weight excluding hydrogens is 1220 g/mol. The van der Waals surface area contributed by atoms with Crippen molar-refractivity contribution in [2.24, 2.45) is 14.1 Å². The maximum absolute atomic E-state index is 8.91. The summed E-state index contributed by atoms with van der Waals surface area (Å²) in [6.07, 6.45) is 11.3. The molecule has 4 N–H and O–H groups in total. The maximum Gasteiger partial charge on any atom is 0.274 e. The SMILES string of the molecule is CC.CC.C[n+]1ccccc1Cl.C[n+]1ccccc1NCCCO.[B].[B].[CH2-]CCc1ccc(O)cc1.[CH2-]CCc1ccc(OCCCNc2ccccn2)cc1.[CH3-].[CH3-].[CH3-].[CH3-].[CH3-].[Y].[Y].[Y].[Y].[Y]. The van der Waals surface area contributed by atoms with E-state index in [0.29, 0.717) is 12.4 Å². The molecule has 0 saturated heterocycles. The Morgan fingerprint density at radius 3 is 1.47 bits per heavy atom. The van der Waals surface area contributed by atoms with Crippen LogP contribution in [0.25, 0.3) is 0 Å². The van der Waals surface area contributed by atoms with Gasteiger partial charge < -0.3 is 71.2 Å². The van der Waals surface area contributed by atoms with Crippen LogP contribution >= 0.6 is 11.6 Å². The van der Waals surface area contributed by atoms with Crippen LogP contribution in [0.2, 0.25) is 5.15 Å². The Hall–Kier alpha value is 0.989. The first kappa shape index (κ1) is 100. The van der Waals surface area contributed by atoms with Crippen LogP contribution in [0, 0.1) is 51.0 Å². The van der Waals surface area contributed by atoms with Gasteiger partial charge in [0.05, 0.1) is 26.4 Å². The van der Waals surface area contributed by atoms with Crippen LogP contribution in [-0.2, 0) is 190 Å². The van der Waals surface area contributed by atoms with E-state index in [2.05, 4.69) is 41.6 Å². The molecule has 0 unspecified atom stereocenters. The fourth-order valence-electron chi connectivity index (χ4n) is 4.27. The minimum atomic E-state index is 0. The summed E-state index contributed by atoms with van der Waals surface area (Å²) < 4.78 is 9.56. The Balaban J connectivity index is -0.0000000495. The molecular formula is C50H81B2ClN5O3Y5-5. The number of phenolic OH excluding ortho intramolecular Hbond substituents is 1. The number of nitrogens with one attached hydrogen (secondary N) is 2. The number of pyridine rings is 3. The molecule has 0 amide bonds. The molecule has 0 aliphatic rings. The average Bonchev–Trinajstić information content (AvgIpc) is 3.21. The summed E-state index contributed by atoms with van der Waals surface area (Å²) >= 11 is 5.67. The topological polar surface area (TPSA) is 94.4 Å². The van der Waals surface area contributed by atoms with Gasteiger partial charge in [-0.05, 0) is 66.6 Å². The Morgan fingerprint density at radius 1 is 0.606 bits per heavy atom. The largest absolute Gasteiger partial charge is 0.508 e. The fraction of sp³-hybridized carbons (Fsp3) is 0.320. The molecule has 3 heterocycles. The monoisotopic (exact) mass is 1300 g/mol. The third kappa shape index (κ3) is 54.3. The number of phenols is 1. The second kappa shape index (κ2) is 72.5. The summed E-state index contributed by atoms with van der Waals surface area (Å²) in [5.74, 6) is 3.24. The fourth-order valence-corrected chi connectivity index (χ4v) is 4.40. The van der Waals surface area contributed by atoms with Gasteiger partial charge in [-0.2, -0.15) is 17.4 Å². The Labute approximate surface area is 542 Å². The molecule has 3 aromatic heterocycles. The van der Waals surface area contributed by atoms with Gasteiger partial charge in [-0.15, -0.1) is 0 Å². The molecule has 8 nitrogen and oxygen atoms in total. The average molecular weight is 1300 g/mol. The number of ether oxygens (including phenoxy) is 1. The Kier molecular flexibility index (Phi) is 110. The number of nitrogens with zero attached hydrogens (tertiary/aromatic N) is 3. The van der Waals surface area contributed by atoms with Gasteiger partial charge in [-0.1, -0.05) is 88.1 Å². The van der Waals surface area contributed by atoms with E-state index in [-0.39, 0.29) is 224 Å². The zero-order valence-electron chi connectivity index (χ0n) is 42.6. The summed E-state index contributed by atoms with van der Waals surface area (Å²) in [6.45, 7) is 18.2. The third-order valence-electron chi connectivity index (χ3n) is 7.04. The molecule has 66 heavy (non-hydrogen) atoms. The van der Waals surface area contributed by atoms with Crippen molar-refractivity contribution in [1.82, 2.24) is 4.98 Å². The first-order chi connectivity index (χ1) is 26.4. The van der Waals surface area contributed by atoms with Crippen molar-refractivity contribution >= 4 is 40.1 Å². The van der Waals surface area contributed by atoms with Crippen molar-refractivity contribution in [3.8, 4) is 11.5 Å². The minimum absolute atomic E-state index is 0. The van der Waals surface area contributed by atoms with Gasteiger partial charge in [-0.25, -0.2) is 9.55 Å². The molecule has 0 fully saturated rings. The van der Waals surface area contributed by atoms with Crippen LogP contribution < -0.4 is 24.5 Å². The summed E-state index contributed by atoms with van der Waals surface area (Å²) in [4.78, 5) is 4.20. The van der Waals surface area contributed by atoms with E-state index in [1.54, 1.807) is 18.3 Å². The van der Waals surface area contributed by atoms with E-state index < -0.39 is 0 Å². The number of rotatable bonds is 14. The molecule has 0 aliphatic carbocycles. The molecule has 0 bridgehead atoms. The molecule has 16 heteroatoms. The van der Waals surface area contributed by atoms with Crippen LogP contribution in [0.5, 0.6) is 11.5 Å². The van der Waals surface area contributed by atoms with E-state index in [4.69, 9.17) is 26.6 Å². The second-order valence-corrected chi connectivity index (χ2v) is 11.6. The van der Waals surface area contributed by atoms with E-state index in [9.17, 15) is 0 Å². The van der Waals surface area contributed by atoms with Crippen LogP contribution in [0.15, 0.2) is 122 Å². The van der Waals surface area contributed by atoms with Crippen LogP contribution in [0.4, 0.5) is 11.6 Å². The van der Waals surface area contributed by atoms with Gasteiger partial charge >= 0.3 is 0 Å². The standard InChI is InChI=1S/C17H21N2O.C9H14N2O.C9H11O.C6H7ClN.2C2H6.5CH3.2B.5Y/c1-2-6-15-8-10-16(11-9-15)20-14-5-13-19-17-7-3-4-12-18-17;1-11-7-3-2-5-9(11)10-6-4-8-12;1-2-3-8-4-6-9(10)7-5-8;1-8-5-3-2-4-6(8)7;2*1-2;;;;;;;;;;;;/h3-4,7-12H,1-2,5-6,13-14H2,(H,18,19);2-3,5,7,12H,4,6,8H2,1H3;4-7,10H,1-3H2;2-5H,1H3;2*1-2H3;5*1H3;;;;;;;/q-1;;-1;+1;;;5*-1;;;;;;;/p+1. The molecule has 0 atom stereocenters. The maximum atomic E-state index is 8.91. The molecule has 5 rings (SSSR count). The van der Waals surface area contributed by atoms with Crippen LogP contribution in [0.1, 0.15) is 64.5 Å². The number of halogens is 1. The number of hydrogen-bond donors (Lipinski definition) is 4.